The molecular formula is C26H40O3. The van der Waals surface area contributed by atoms with Gasteiger partial charge in [-0.1, -0.05) is 25.8 Å². The van der Waals surface area contributed by atoms with Crippen LogP contribution in [-0.4, -0.2) is 24.8 Å². The zero-order valence-electron chi connectivity index (χ0n) is 18.8. The highest BCUT2D eigenvalue weighted by Crippen LogP contribution is 2.66. The van der Waals surface area contributed by atoms with Gasteiger partial charge in [0.15, 0.2) is 11.6 Å². The lowest BCUT2D eigenvalue weighted by Crippen LogP contribution is -2.53. The predicted molar refractivity (Wildman–Crippen MR) is 114 cm³/mol. The number of allylic oxidation sites excluding steroid dienone is 1. The fraction of sp³-hybridized carbons (Fsp3) is 0.885. The SMILES string of the molecule is COC1(O[C@@H]2CC[C@H]3[C@@H]4CCC5=CC(=O)CC[C@]5(C)[C@H]4CC[C@]23C)CCCCC1. The summed E-state index contributed by atoms with van der Waals surface area (Å²) in [7, 11) is 1.86. The lowest BCUT2D eigenvalue weighted by atomic mass is 9.47. The number of methoxy groups -OCH3 is 1. The van der Waals surface area contributed by atoms with Crippen molar-refractivity contribution in [3.05, 3.63) is 11.6 Å². The van der Waals surface area contributed by atoms with E-state index in [1.165, 1.54) is 56.9 Å². The number of hydrogen-bond donors (Lipinski definition) is 0. The average molecular weight is 401 g/mol. The number of fused-ring (bicyclic) bond motifs is 5. The fourth-order valence-corrected chi connectivity index (χ4v) is 8.42. The van der Waals surface area contributed by atoms with Gasteiger partial charge in [0.2, 0.25) is 0 Å². The number of hydrogen-bond acceptors (Lipinski definition) is 3. The monoisotopic (exact) mass is 400 g/mol. The van der Waals surface area contributed by atoms with Crippen molar-refractivity contribution in [1.29, 1.82) is 0 Å². The maximum Gasteiger partial charge on any atom is 0.168 e. The van der Waals surface area contributed by atoms with Gasteiger partial charge in [0.1, 0.15) is 0 Å². The van der Waals surface area contributed by atoms with Crippen LogP contribution >= 0.6 is 0 Å². The van der Waals surface area contributed by atoms with Crippen LogP contribution in [0.1, 0.15) is 97.3 Å². The van der Waals surface area contributed by atoms with E-state index in [4.69, 9.17) is 9.47 Å². The Hall–Kier alpha value is -0.670. The molecular weight excluding hydrogens is 360 g/mol. The zero-order valence-corrected chi connectivity index (χ0v) is 18.8. The first-order valence-electron chi connectivity index (χ1n) is 12.4. The molecule has 0 unspecified atom stereocenters. The van der Waals surface area contributed by atoms with Crippen molar-refractivity contribution in [2.45, 2.75) is 109 Å². The van der Waals surface area contributed by atoms with Crippen molar-refractivity contribution >= 4 is 5.78 Å². The predicted octanol–water partition coefficient (Wildman–Crippen LogP) is 6.21. The topological polar surface area (TPSA) is 35.5 Å². The summed E-state index contributed by atoms with van der Waals surface area (Å²) in [6.07, 6.45) is 17.6. The molecule has 0 aromatic rings. The quantitative estimate of drug-likeness (QED) is 0.528. The third-order valence-electron chi connectivity index (χ3n) is 10.2. The summed E-state index contributed by atoms with van der Waals surface area (Å²) in [5.74, 6) is 2.39. The van der Waals surface area contributed by atoms with Gasteiger partial charge in [-0.15, -0.1) is 0 Å². The summed E-state index contributed by atoms with van der Waals surface area (Å²) in [5.41, 5.74) is 2.05. The van der Waals surface area contributed by atoms with E-state index in [1.54, 1.807) is 0 Å². The van der Waals surface area contributed by atoms with Gasteiger partial charge >= 0.3 is 0 Å². The molecule has 0 N–H and O–H groups in total. The second kappa shape index (κ2) is 7.19. The maximum absolute atomic E-state index is 12.0. The minimum Gasteiger partial charge on any atom is -0.353 e. The van der Waals surface area contributed by atoms with E-state index < -0.39 is 0 Å². The Morgan fingerprint density at radius 3 is 2.45 bits per heavy atom. The van der Waals surface area contributed by atoms with Gasteiger partial charge in [-0.3, -0.25) is 4.79 Å². The molecule has 0 amide bonds. The Kier molecular flexibility index (Phi) is 5.02. The molecule has 0 spiro atoms. The van der Waals surface area contributed by atoms with E-state index >= 15 is 0 Å². The first kappa shape index (κ1) is 20.2. The molecule has 3 nitrogen and oxygen atoms in total. The van der Waals surface area contributed by atoms with Crippen LogP contribution in [0, 0.1) is 28.6 Å². The molecule has 5 rings (SSSR count). The van der Waals surface area contributed by atoms with Crippen molar-refractivity contribution in [2.24, 2.45) is 28.6 Å². The molecule has 29 heavy (non-hydrogen) atoms. The molecule has 5 aliphatic rings. The normalized spacial score (nSPS) is 46.4. The summed E-state index contributed by atoms with van der Waals surface area (Å²) in [4.78, 5) is 12.0. The van der Waals surface area contributed by atoms with E-state index in [1.807, 2.05) is 13.2 Å². The minimum absolute atomic E-state index is 0.272. The van der Waals surface area contributed by atoms with Crippen LogP contribution in [-0.2, 0) is 14.3 Å². The summed E-state index contributed by atoms with van der Waals surface area (Å²) in [6, 6.07) is 0. The second-order valence-corrected chi connectivity index (χ2v) is 11.4. The molecule has 0 radical (unpaired) electrons. The van der Waals surface area contributed by atoms with Crippen molar-refractivity contribution in [3.8, 4) is 0 Å². The highest BCUT2D eigenvalue weighted by molar-refractivity contribution is 5.91. The Morgan fingerprint density at radius 2 is 1.69 bits per heavy atom. The van der Waals surface area contributed by atoms with Gasteiger partial charge in [0.25, 0.3) is 0 Å². The highest BCUT2D eigenvalue weighted by atomic mass is 16.7. The van der Waals surface area contributed by atoms with Crippen LogP contribution in [0.4, 0.5) is 0 Å². The number of carbonyl (C=O) groups excluding carboxylic acids is 1. The van der Waals surface area contributed by atoms with Crippen LogP contribution < -0.4 is 0 Å². The molecule has 5 aliphatic carbocycles. The Labute approximate surface area is 177 Å². The fourth-order valence-electron chi connectivity index (χ4n) is 8.42. The second-order valence-electron chi connectivity index (χ2n) is 11.4. The third kappa shape index (κ3) is 3.09. The molecule has 162 valence electrons. The lowest BCUT2D eigenvalue weighted by Gasteiger charge is -2.58. The highest BCUT2D eigenvalue weighted by Gasteiger charge is 2.60. The molecule has 4 fully saturated rings. The summed E-state index contributed by atoms with van der Waals surface area (Å²) >= 11 is 0. The van der Waals surface area contributed by atoms with Crippen LogP contribution in [0.15, 0.2) is 11.6 Å². The van der Waals surface area contributed by atoms with Crippen LogP contribution in [0.25, 0.3) is 0 Å². The van der Waals surface area contributed by atoms with E-state index in [2.05, 4.69) is 13.8 Å². The number of carbonyl (C=O) groups is 1. The molecule has 3 heteroatoms. The van der Waals surface area contributed by atoms with Gasteiger partial charge in [0, 0.05) is 26.4 Å². The van der Waals surface area contributed by atoms with Crippen LogP contribution in [0.2, 0.25) is 0 Å². The minimum atomic E-state index is -0.324. The Morgan fingerprint density at radius 1 is 0.897 bits per heavy atom. The van der Waals surface area contributed by atoms with Crippen molar-refractivity contribution < 1.29 is 14.3 Å². The standard InChI is InChI=1S/C26H40O3/c1-24-15-11-19(27)17-18(24)7-8-20-21-9-10-23(25(21,2)16-12-22(20)24)29-26(28-3)13-5-4-6-14-26/h17,20-23H,4-16H2,1-3H3/t20-,21-,22-,23+,24-,25-/m0/s1. The van der Waals surface area contributed by atoms with Crippen molar-refractivity contribution in [3.63, 3.8) is 0 Å². The Balaban J connectivity index is 1.37. The number of ether oxygens (including phenoxy) is 2. The Bertz CT molecular complexity index is 690. The maximum atomic E-state index is 12.0. The van der Waals surface area contributed by atoms with E-state index in [0.717, 1.165) is 49.9 Å². The number of ketones is 1. The first-order chi connectivity index (χ1) is 13.9. The third-order valence-corrected chi connectivity index (χ3v) is 10.2. The van der Waals surface area contributed by atoms with E-state index in [0.29, 0.717) is 17.3 Å². The molecule has 0 heterocycles. The number of rotatable bonds is 3. The smallest absolute Gasteiger partial charge is 0.168 e. The zero-order chi connectivity index (χ0) is 20.3. The lowest BCUT2D eigenvalue weighted by molar-refractivity contribution is -0.279. The summed E-state index contributed by atoms with van der Waals surface area (Å²) in [5, 5.41) is 0. The van der Waals surface area contributed by atoms with Gasteiger partial charge in [-0.2, -0.15) is 0 Å². The average Bonchev–Trinajstić information content (AvgIpc) is 3.05. The van der Waals surface area contributed by atoms with Gasteiger partial charge in [0.05, 0.1) is 6.10 Å². The molecule has 4 saturated carbocycles. The molecule has 0 bridgehead atoms. The molecule has 6 atom stereocenters. The molecule has 0 aromatic carbocycles. The van der Waals surface area contributed by atoms with E-state index in [-0.39, 0.29) is 11.2 Å². The van der Waals surface area contributed by atoms with Crippen LogP contribution in [0.3, 0.4) is 0 Å². The summed E-state index contributed by atoms with van der Waals surface area (Å²) in [6.45, 7) is 5.02. The molecule has 0 aromatic heterocycles. The summed E-state index contributed by atoms with van der Waals surface area (Å²) < 4.78 is 12.9. The molecule has 0 aliphatic heterocycles. The van der Waals surface area contributed by atoms with Gasteiger partial charge in [-0.25, -0.2) is 0 Å². The van der Waals surface area contributed by atoms with Gasteiger partial charge in [-0.05, 0) is 92.4 Å². The first-order valence-corrected chi connectivity index (χ1v) is 12.4. The van der Waals surface area contributed by atoms with Crippen LogP contribution in [0.5, 0.6) is 0 Å². The van der Waals surface area contributed by atoms with Crippen molar-refractivity contribution in [1.82, 2.24) is 0 Å². The van der Waals surface area contributed by atoms with Gasteiger partial charge < -0.3 is 9.47 Å². The molecule has 0 saturated heterocycles. The van der Waals surface area contributed by atoms with Crippen molar-refractivity contribution in [2.75, 3.05) is 7.11 Å². The largest absolute Gasteiger partial charge is 0.353 e. The van der Waals surface area contributed by atoms with E-state index in [9.17, 15) is 4.79 Å².